The average Bonchev–Trinajstić information content (AvgIpc) is 2.50. The Kier molecular flexibility index (Phi) is 4.82. The van der Waals surface area contributed by atoms with Gasteiger partial charge in [0.15, 0.2) is 0 Å². The van der Waals surface area contributed by atoms with Gasteiger partial charge in [0.05, 0.1) is 0 Å². The molecule has 0 aliphatic carbocycles. The Hall–Kier alpha value is -0.830. The Balaban J connectivity index is 2.33. The summed E-state index contributed by atoms with van der Waals surface area (Å²) >= 11 is 0. The number of nitrogens with one attached hydrogen (secondary N) is 2. The number of aromatic amines is 1. The van der Waals surface area contributed by atoms with Crippen molar-refractivity contribution in [1.29, 1.82) is 0 Å². The molecule has 1 aromatic heterocycles. The zero-order valence-corrected chi connectivity index (χ0v) is 10.3. The third kappa shape index (κ3) is 4.98. The highest BCUT2D eigenvalue weighted by Gasteiger charge is 2.03. The highest BCUT2D eigenvalue weighted by atomic mass is 15.0. The molecule has 0 radical (unpaired) electrons. The quantitative estimate of drug-likeness (QED) is 0.755. The summed E-state index contributed by atoms with van der Waals surface area (Å²) in [6.45, 7) is 10.8. The van der Waals surface area contributed by atoms with Gasteiger partial charge in [0.1, 0.15) is 5.82 Å². The number of H-pyrrole nitrogens is 1. The lowest BCUT2D eigenvalue weighted by Gasteiger charge is -2.05. The van der Waals surface area contributed by atoms with Crippen molar-refractivity contribution in [2.24, 2.45) is 11.8 Å². The number of nitrogens with zero attached hydrogens (tertiary/aromatic N) is 1. The first-order valence-corrected chi connectivity index (χ1v) is 5.81. The minimum Gasteiger partial charge on any atom is -0.345 e. The van der Waals surface area contributed by atoms with Gasteiger partial charge in [0.25, 0.3) is 0 Å². The predicted molar refractivity (Wildman–Crippen MR) is 63.7 cm³/mol. The Bertz CT molecular complexity index is 276. The second-order valence-corrected chi connectivity index (χ2v) is 4.98. The van der Waals surface area contributed by atoms with Crippen LogP contribution in [-0.2, 0) is 13.0 Å². The fourth-order valence-electron chi connectivity index (χ4n) is 1.48. The van der Waals surface area contributed by atoms with E-state index >= 15 is 0 Å². The van der Waals surface area contributed by atoms with Crippen molar-refractivity contribution < 1.29 is 0 Å². The molecule has 0 atom stereocenters. The topological polar surface area (TPSA) is 40.7 Å². The first kappa shape index (κ1) is 12.2. The molecule has 1 rings (SSSR count). The fraction of sp³-hybridized carbons (Fsp3) is 0.750. The van der Waals surface area contributed by atoms with Crippen LogP contribution in [0, 0.1) is 11.8 Å². The van der Waals surface area contributed by atoms with Crippen LogP contribution in [0.5, 0.6) is 0 Å². The molecule has 0 aromatic carbocycles. The molecular formula is C12H23N3. The lowest BCUT2D eigenvalue weighted by atomic mass is 10.1. The summed E-state index contributed by atoms with van der Waals surface area (Å²) in [5.74, 6) is 2.46. The molecule has 0 aliphatic heterocycles. The van der Waals surface area contributed by atoms with Crippen LogP contribution in [-0.4, -0.2) is 16.5 Å². The average molecular weight is 209 g/mol. The molecule has 0 saturated heterocycles. The van der Waals surface area contributed by atoms with Crippen LogP contribution in [0.25, 0.3) is 0 Å². The molecule has 3 heteroatoms. The summed E-state index contributed by atoms with van der Waals surface area (Å²) in [7, 11) is 0. The van der Waals surface area contributed by atoms with Crippen molar-refractivity contribution in [3.63, 3.8) is 0 Å². The predicted octanol–water partition coefficient (Wildman–Crippen LogP) is 2.35. The van der Waals surface area contributed by atoms with E-state index in [9.17, 15) is 0 Å². The monoisotopic (exact) mass is 209 g/mol. The molecule has 3 nitrogen and oxygen atoms in total. The molecule has 0 unspecified atom stereocenters. The number of rotatable bonds is 6. The third-order valence-electron chi connectivity index (χ3n) is 2.15. The van der Waals surface area contributed by atoms with Gasteiger partial charge in [0, 0.05) is 24.9 Å². The molecule has 1 heterocycles. The van der Waals surface area contributed by atoms with Gasteiger partial charge in [0.2, 0.25) is 0 Å². The van der Waals surface area contributed by atoms with E-state index in [4.69, 9.17) is 0 Å². The molecule has 0 fully saturated rings. The molecule has 0 spiro atoms. The van der Waals surface area contributed by atoms with Gasteiger partial charge < -0.3 is 10.3 Å². The first-order valence-electron chi connectivity index (χ1n) is 5.81. The van der Waals surface area contributed by atoms with E-state index in [1.807, 2.05) is 6.20 Å². The van der Waals surface area contributed by atoms with Crippen molar-refractivity contribution in [3.8, 4) is 0 Å². The van der Waals surface area contributed by atoms with Gasteiger partial charge in [-0.2, -0.15) is 0 Å². The molecule has 86 valence electrons. The lowest BCUT2D eigenvalue weighted by Crippen LogP contribution is -2.19. The Morgan fingerprint density at radius 2 is 2.00 bits per heavy atom. The van der Waals surface area contributed by atoms with Crippen molar-refractivity contribution in [3.05, 3.63) is 17.7 Å². The second kappa shape index (κ2) is 5.91. The summed E-state index contributed by atoms with van der Waals surface area (Å²) in [6, 6.07) is 0. The minimum atomic E-state index is 0.660. The first-order chi connectivity index (χ1) is 7.08. The van der Waals surface area contributed by atoms with Crippen LogP contribution in [0.2, 0.25) is 0 Å². The molecular weight excluding hydrogens is 186 g/mol. The Morgan fingerprint density at radius 3 is 2.60 bits per heavy atom. The van der Waals surface area contributed by atoms with Crippen LogP contribution in [0.1, 0.15) is 39.2 Å². The molecule has 1 aromatic rings. The van der Waals surface area contributed by atoms with E-state index in [1.165, 1.54) is 5.69 Å². The summed E-state index contributed by atoms with van der Waals surface area (Å²) in [5, 5.41) is 3.40. The zero-order valence-electron chi connectivity index (χ0n) is 10.3. The van der Waals surface area contributed by atoms with Crippen molar-refractivity contribution in [2.75, 3.05) is 6.54 Å². The van der Waals surface area contributed by atoms with E-state index < -0.39 is 0 Å². The van der Waals surface area contributed by atoms with Crippen LogP contribution in [0.15, 0.2) is 6.20 Å². The normalized spacial score (nSPS) is 11.6. The number of hydrogen-bond acceptors (Lipinski definition) is 2. The maximum Gasteiger partial charge on any atom is 0.106 e. The van der Waals surface area contributed by atoms with Crippen LogP contribution in [0.3, 0.4) is 0 Å². The van der Waals surface area contributed by atoms with Crippen LogP contribution >= 0.6 is 0 Å². The number of aromatic nitrogens is 2. The van der Waals surface area contributed by atoms with Crippen molar-refractivity contribution >= 4 is 0 Å². The van der Waals surface area contributed by atoms with Crippen molar-refractivity contribution in [1.82, 2.24) is 15.3 Å². The molecule has 0 amide bonds. The standard InChI is InChI=1S/C12H23N3/c1-9(2)5-12-14-8-11(15-12)7-13-6-10(3)4/h8-10,13H,5-7H2,1-4H3,(H,14,15). The molecule has 0 bridgehead atoms. The summed E-state index contributed by atoms with van der Waals surface area (Å²) in [6.07, 6.45) is 2.97. The third-order valence-corrected chi connectivity index (χ3v) is 2.15. The summed E-state index contributed by atoms with van der Waals surface area (Å²) in [4.78, 5) is 7.70. The fourth-order valence-corrected chi connectivity index (χ4v) is 1.48. The molecule has 0 aliphatic rings. The highest BCUT2D eigenvalue weighted by Crippen LogP contribution is 2.04. The summed E-state index contributed by atoms with van der Waals surface area (Å²) in [5.41, 5.74) is 1.19. The number of imidazole rings is 1. The smallest absolute Gasteiger partial charge is 0.106 e. The maximum absolute atomic E-state index is 4.36. The van der Waals surface area contributed by atoms with E-state index in [0.29, 0.717) is 11.8 Å². The lowest BCUT2D eigenvalue weighted by molar-refractivity contribution is 0.548. The van der Waals surface area contributed by atoms with E-state index in [1.54, 1.807) is 0 Å². The van der Waals surface area contributed by atoms with Gasteiger partial charge in [-0.3, -0.25) is 0 Å². The summed E-state index contributed by atoms with van der Waals surface area (Å²) < 4.78 is 0. The van der Waals surface area contributed by atoms with Gasteiger partial charge in [-0.05, 0) is 18.4 Å². The van der Waals surface area contributed by atoms with Gasteiger partial charge >= 0.3 is 0 Å². The Labute approximate surface area is 92.7 Å². The van der Waals surface area contributed by atoms with Crippen LogP contribution in [0.4, 0.5) is 0 Å². The van der Waals surface area contributed by atoms with Gasteiger partial charge in [-0.15, -0.1) is 0 Å². The Morgan fingerprint density at radius 1 is 1.27 bits per heavy atom. The van der Waals surface area contributed by atoms with E-state index in [-0.39, 0.29) is 0 Å². The van der Waals surface area contributed by atoms with Gasteiger partial charge in [-0.1, -0.05) is 27.7 Å². The van der Waals surface area contributed by atoms with Crippen molar-refractivity contribution in [2.45, 2.75) is 40.7 Å². The largest absolute Gasteiger partial charge is 0.345 e. The second-order valence-electron chi connectivity index (χ2n) is 4.98. The van der Waals surface area contributed by atoms with E-state index in [0.717, 1.165) is 25.3 Å². The number of hydrogen-bond donors (Lipinski definition) is 2. The minimum absolute atomic E-state index is 0.660. The SMILES string of the molecule is CC(C)CNCc1cnc(CC(C)C)[nH]1. The van der Waals surface area contributed by atoms with E-state index in [2.05, 4.69) is 43.0 Å². The molecule has 0 saturated carbocycles. The van der Waals surface area contributed by atoms with Crippen LogP contribution < -0.4 is 5.32 Å². The maximum atomic E-state index is 4.36. The van der Waals surface area contributed by atoms with Gasteiger partial charge in [-0.25, -0.2) is 4.98 Å². The molecule has 15 heavy (non-hydrogen) atoms. The zero-order chi connectivity index (χ0) is 11.3. The molecule has 2 N–H and O–H groups in total. The highest BCUT2D eigenvalue weighted by molar-refractivity contribution is 5.01.